The monoisotopic (exact) mass is 481 g/mol. The molecular weight excluding hydrogens is 450 g/mol. The second kappa shape index (κ2) is 10.1. The van der Waals surface area contributed by atoms with Crippen molar-refractivity contribution in [3.8, 4) is 0 Å². The minimum Gasteiger partial charge on any atom is -0.373 e. The Morgan fingerprint density at radius 1 is 1.21 bits per heavy atom. The summed E-state index contributed by atoms with van der Waals surface area (Å²) in [7, 11) is 0. The van der Waals surface area contributed by atoms with Crippen LogP contribution < -0.4 is 0 Å². The van der Waals surface area contributed by atoms with Gasteiger partial charge in [-0.15, -0.1) is 22.5 Å². The Labute approximate surface area is 199 Å². The van der Waals surface area contributed by atoms with Crippen LogP contribution in [-0.2, 0) is 20.9 Å². The van der Waals surface area contributed by atoms with E-state index in [9.17, 15) is 10.1 Å². The molecule has 1 aromatic carbocycles. The van der Waals surface area contributed by atoms with Crippen molar-refractivity contribution in [3.63, 3.8) is 0 Å². The Balaban J connectivity index is 0.00000259. The lowest BCUT2D eigenvalue weighted by atomic mass is 10.1. The summed E-state index contributed by atoms with van der Waals surface area (Å²) < 4.78 is 14.0. The highest BCUT2D eigenvalue weighted by atomic mass is 35.5. The minimum absolute atomic E-state index is 0. The molecular formula is C22H32ClN5O5. The second-order valence-electron chi connectivity index (χ2n) is 9.07. The molecule has 0 bridgehead atoms. The van der Waals surface area contributed by atoms with Crippen LogP contribution in [-0.4, -0.2) is 88.3 Å². The van der Waals surface area contributed by atoms with Gasteiger partial charge in [-0.25, -0.2) is 4.98 Å². The van der Waals surface area contributed by atoms with Crippen molar-refractivity contribution in [3.05, 3.63) is 39.7 Å². The molecule has 0 amide bonds. The number of nitrogens with zero attached hydrogens (tertiary/aromatic N) is 5. The van der Waals surface area contributed by atoms with Gasteiger partial charge in [0.1, 0.15) is 12.3 Å². The van der Waals surface area contributed by atoms with E-state index >= 15 is 0 Å². The highest BCUT2D eigenvalue weighted by Crippen LogP contribution is 2.34. The molecule has 0 aliphatic carbocycles. The third-order valence-electron chi connectivity index (χ3n) is 7.18. The van der Waals surface area contributed by atoms with Crippen LogP contribution in [0.1, 0.15) is 24.0 Å². The molecule has 182 valence electrons. The molecule has 3 fully saturated rings. The summed E-state index contributed by atoms with van der Waals surface area (Å²) in [6, 6.07) is 4.34. The Hall–Kier alpha value is -1.98. The molecule has 11 heteroatoms. The Morgan fingerprint density at radius 3 is 2.76 bits per heavy atom. The average molecular weight is 482 g/mol. The van der Waals surface area contributed by atoms with E-state index in [1.54, 1.807) is 0 Å². The van der Waals surface area contributed by atoms with Crippen molar-refractivity contribution in [2.45, 2.75) is 57.8 Å². The molecule has 0 N–H and O–H groups in total. The van der Waals surface area contributed by atoms with Crippen molar-refractivity contribution in [2.24, 2.45) is 0 Å². The van der Waals surface area contributed by atoms with E-state index in [2.05, 4.69) is 45.3 Å². The summed E-state index contributed by atoms with van der Waals surface area (Å²) >= 11 is 0. The van der Waals surface area contributed by atoms with Gasteiger partial charge in [0.25, 0.3) is 5.09 Å². The van der Waals surface area contributed by atoms with Crippen LogP contribution in [0.3, 0.4) is 0 Å². The van der Waals surface area contributed by atoms with Crippen molar-refractivity contribution < 1.29 is 19.4 Å². The maximum Gasteiger partial charge on any atom is 0.294 e. The van der Waals surface area contributed by atoms with E-state index in [1.807, 2.05) is 6.33 Å². The first-order valence-corrected chi connectivity index (χ1v) is 11.5. The molecule has 0 saturated carbocycles. The van der Waals surface area contributed by atoms with Crippen molar-refractivity contribution in [1.29, 1.82) is 0 Å². The predicted molar refractivity (Wildman–Crippen MR) is 124 cm³/mol. The van der Waals surface area contributed by atoms with E-state index in [-0.39, 0.29) is 37.4 Å². The van der Waals surface area contributed by atoms with Crippen LogP contribution in [0.2, 0.25) is 0 Å². The Bertz CT molecular complexity index is 979. The number of ether oxygens (including phenoxy) is 2. The highest BCUT2D eigenvalue weighted by molar-refractivity contribution is 5.85. The molecule has 0 unspecified atom stereocenters. The van der Waals surface area contributed by atoms with Gasteiger partial charge in [-0.05, 0) is 44.0 Å². The number of benzene rings is 1. The number of piperazine rings is 1. The summed E-state index contributed by atoms with van der Waals surface area (Å²) in [6.45, 7) is 10.3. The Morgan fingerprint density at radius 2 is 2.00 bits per heavy atom. The molecule has 3 saturated heterocycles. The smallest absolute Gasteiger partial charge is 0.294 e. The topological polar surface area (TPSA) is 95.1 Å². The number of fused-ring (bicyclic) bond motifs is 2. The average Bonchev–Trinajstić information content (AvgIpc) is 3.47. The molecule has 4 atom stereocenters. The lowest BCUT2D eigenvalue weighted by Gasteiger charge is -2.37. The summed E-state index contributed by atoms with van der Waals surface area (Å²) in [6.07, 6.45) is 2.66. The summed E-state index contributed by atoms with van der Waals surface area (Å²) in [5, 5.41) is 9.92. The van der Waals surface area contributed by atoms with Crippen LogP contribution >= 0.6 is 12.4 Å². The van der Waals surface area contributed by atoms with Crippen LogP contribution in [0.25, 0.3) is 11.0 Å². The zero-order chi connectivity index (χ0) is 22.2. The molecule has 5 rings (SSSR count). The van der Waals surface area contributed by atoms with Gasteiger partial charge in [0.15, 0.2) is 6.10 Å². The van der Waals surface area contributed by atoms with Crippen molar-refractivity contribution in [1.82, 2.24) is 19.4 Å². The fraction of sp³-hybridized carbons (Fsp3) is 0.682. The zero-order valence-corrected chi connectivity index (χ0v) is 19.9. The van der Waals surface area contributed by atoms with Crippen molar-refractivity contribution in [2.75, 3.05) is 39.3 Å². The summed E-state index contributed by atoms with van der Waals surface area (Å²) in [5.41, 5.74) is 4.86. The predicted octanol–water partition coefficient (Wildman–Crippen LogP) is 2.17. The van der Waals surface area contributed by atoms with E-state index < -0.39 is 11.2 Å². The van der Waals surface area contributed by atoms with Gasteiger partial charge in [0, 0.05) is 39.1 Å². The minimum atomic E-state index is -0.749. The van der Waals surface area contributed by atoms with Crippen LogP contribution in [0.15, 0.2) is 18.5 Å². The number of aryl methyl sites for hydroxylation is 3. The molecule has 0 radical (unpaired) electrons. The number of rotatable bonds is 7. The molecule has 0 spiro atoms. The van der Waals surface area contributed by atoms with Gasteiger partial charge >= 0.3 is 0 Å². The molecule has 1 aromatic heterocycles. The summed E-state index contributed by atoms with van der Waals surface area (Å²) in [5.74, 6) is 0. The standard InChI is InChI=1S/C22H31N5O5.ClH/c1-15-4-5-17-21(16(15)2)23-14-26(17)7-3-6-24-8-10-25(11-9-24)20-12-18-22(31-20)19(13-30-18)32-27(28)29;/h4-5,14,18-20,22H,3,6-13H2,1-2H3;1H/t18-,19+,20+,22+;/m1./s1. The first kappa shape index (κ1) is 24.2. The first-order valence-electron chi connectivity index (χ1n) is 11.5. The number of hydrogen-bond acceptors (Lipinski definition) is 8. The molecule has 3 aliphatic heterocycles. The van der Waals surface area contributed by atoms with Gasteiger partial charge in [-0.3, -0.25) is 4.90 Å². The second-order valence-corrected chi connectivity index (χ2v) is 9.07. The SMILES string of the molecule is Cc1ccc2c(ncn2CCCN2CCN([C@@H]3C[C@H]4OC[C@H](O[N+](=O)[O-])[C@H]4O3)CC2)c1C.Cl. The van der Waals surface area contributed by atoms with E-state index in [0.29, 0.717) is 0 Å². The van der Waals surface area contributed by atoms with Crippen LogP contribution in [0, 0.1) is 24.0 Å². The Kier molecular flexibility index (Phi) is 7.40. The van der Waals surface area contributed by atoms with Gasteiger partial charge in [-0.1, -0.05) is 6.07 Å². The maximum absolute atomic E-state index is 10.7. The lowest BCUT2D eigenvalue weighted by molar-refractivity contribution is -0.769. The highest BCUT2D eigenvalue weighted by Gasteiger charge is 2.49. The third kappa shape index (κ3) is 4.95. The molecule has 33 heavy (non-hydrogen) atoms. The van der Waals surface area contributed by atoms with E-state index in [4.69, 9.17) is 14.3 Å². The molecule has 4 heterocycles. The van der Waals surface area contributed by atoms with Crippen LogP contribution in [0.5, 0.6) is 0 Å². The maximum atomic E-state index is 10.7. The molecule has 10 nitrogen and oxygen atoms in total. The fourth-order valence-corrected chi connectivity index (χ4v) is 5.19. The first-order chi connectivity index (χ1) is 15.5. The van der Waals surface area contributed by atoms with E-state index in [0.717, 1.165) is 57.6 Å². The van der Waals surface area contributed by atoms with Gasteiger partial charge in [0.05, 0.1) is 30.1 Å². The van der Waals surface area contributed by atoms with Gasteiger partial charge < -0.3 is 23.8 Å². The number of imidazole rings is 1. The molecule has 2 aromatic rings. The van der Waals surface area contributed by atoms with Gasteiger partial charge in [-0.2, -0.15) is 0 Å². The molecule has 3 aliphatic rings. The quantitative estimate of drug-likeness (QED) is 0.438. The summed E-state index contributed by atoms with van der Waals surface area (Å²) in [4.78, 5) is 24.8. The van der Waals surface area contributed by atoms with Crippen LogP contribution in [0.4, 0.5) is 0 Å². The van der Waals surface area contributed by atoms with E-state index in [1.165, 1.54) is 16.6 Å². The normalized spacial score (nSPS) is 28.1. The number of hydrogen-bond donors (Lipinski definition) is 0. The lowest BCUT2D eigenvalue weighted by Crippen LogP contribution is -2.51. The van der Waals surface area contributed by atoms with Gasteiger partial charge in [0.2, 0.25) is 0 Å². The largest absolute Gasteiger partial charge is 0.373 e. The fourth-order valence-electron chi connectivity index (χ4n) is 5.19. The number of halogens is 1. The zero-order valence-electron chi connectivity index (χ0n) is 19.1. The van der Waals surface area contributed by atoms with Crippen molar-refractivity contribution >= 4 is 23.4 Å². The number of aromatic nitrogens is 2. The third-order valence-corrected chi connectivity index (χ3v) is 7.18.